The average Bonchev–Trinajstić information content (AvgIpc) is 2.93. The van der Waals surface area contributed by atoms with Gasteiger partial charge in [-0.25, -0.2) is 4.39 Å². The summed E-state index contributed by atoms with van der Waals surface area (Å²) < 4.78 is 14.2. The highest BCUT2D eigenvalue weighted by molar-refractivity contribution is 5.53. The maximum Gasteiger partial charge on any atom is 0.155 e. The molecule has 2 aliphatic carbocycles. The van der Waals surface area contributed by atoms with Crippen LogP contribution in [0.25, 0.3) is 0 Å². The minimum Gasteiger partial charge on any atom is -0.398 e. The normalized spacial score (nSPS) is 25.1. The number of fused-ring (bicyclic) bond motifs is 1. The van der Waals surface area contributed by atoms with Crippen LogP contribution in [0.3, 0.4) is 0 Å². The fourth-order valence-corrected chi connectivity index (χ4v) is 2.53. The zero-order valence-corrected chi connectivity index (χ0v) is 14.3. The summed E-state index contributed by atoms with van der Waals surface area (Å²) in [6.07, 6.45) is 6.30. The highest BCUT2D eigenvalue weighted by Crippen LogP contribution is 2.55. The number of nitrogens with zero attached hydrogens (tertiary/aromatic N) is 1. The number of nitrogens with two attached hydrogens (primary N) is 1. The van der Waals surface area contributed by atoms with E-state index in [0.29, 0.717) is 12.1 Å². The van der Waals surface area contributed by atoms with E-state index in [2.05, 4.69) is 18.8 Å². The van der Waals surface area contributed by atoms with Crippen molar-refractivity contribution in [2.24, 2.45) is 5.92 Å². The van der Waals surface area contributed by atoms with E-state index in [1.165, 1.54) is 12.8 Å². The molecule has 0 radical (unpaired) electrons. The molecular weight excluding hydrogens is 263 g/mol. The minimum atomic E-state index is -1.19. The molecule has 1 heterocycles. The molecule has 2 aliphatic rings. The van der Waals surface area contributed by atoms with E-state index in [1.54, 1.807) is 6.07 Å². The second-order valence-electron chi connectivity index (χ2n) is 5.84. The summed E-state index contributed by atoms with van der Waals surface area (Å²) in [6, 6.07) is 1.74. The number of halogens is 1. The number of alkyl halides is 1. The predicted molar refractivity (Wildman–Crippen MR) is 89.2 cm³/mol. The lowest BCUT2D eigenvalue weighted by Crippen LogP contribution is -2.08. The van der Waals surface area contributed by atoms with E-state index in [-0.39, 0.29) is 5.92 Å². The first-order valence-electron chi connectivity index (χ1n) is 8.50. The second-order valence-corrected chi connectivity index (χ2v) is 5.84. The van der Waals surface area contributed by atoms with Gasteiger partial charge in [0, 0.05) is 11.4 Å². The lowest BCUT2D eigenvalue weighted by molar-refractivity contribution is 0.284. The lowest BCUT2D eigenvalue weighted by Gasteiger charge is -2.10. The third-order valence-electron chi connectivity index (χ3n) is 4.23. The van der Waals surface area contributed by atoms with Crippen molar-refractivity contribution < 1.29 is 4.39 Å². The van der Waals surface area contributed by atoms with Crippen molar-refractivity contribution in [3.05, 3.63) is 23.0 Å². The van der Waals surface area contributed by atoms with Crippen LogP contribution in [0.2, 0.25) is 0 Å². The van der Waals surface area contributed by atoms with Crippen LogP contribution in [-0.2, 0) is 18.5 Å². The molecule has 3 heteroatoms. The highest BCUT2D eigenvalue weighted by Gasteiger charge is 2.55. The van der Waals surface area contributed by atoms with E-state index in [1.807, 2.05) is 20.8 Å². The Balaban J connectivity index is 0.000000322. The lowest BCUT2D eigenvalue weighted by atomic mass is 10.1. The van der Waals surface area contributed by atoms with E-state index in [9.17, 15) is 4.39 Å². The number of aryl methyl sites for hydroxylation is 1. The Kier molecular flexibility index (Phi) is 6.63. The van der Waals surface area contributed by atoms with Crippen LogP contribution in [-0.4, -0.2) is 4.98 Å². The minimum absolute atomic E-state index is 0.101. The topological polar surface area (TPSA) is 38.9 Å². The SMILES string of the molecule is CC.CC1CC1(F)c1cc(N)c2c(n1)CCC2.CCCC. The van der Waals surface area contributed by atoms with Gasteiger partial charge < -0.3 is 5.73 Å². The van der Waals surface area contributed by atoms with Gasteiger partial charge in [-0.05, 0) is 43.2 Å². The fraction of sp³-hybridized carbons (Fsp3) is 0.722. The third kappa shape index (κ3) is 3.96. The Morgan fingerprint density at radius 1 is 1.29 bits per heavy atom. The summed E-state index contributed by atoms with van der Waals surface area (Å²) in [6.45, 7) is 10.3. The Bertz CT molecular complexity index is 457. The Hall–Kier alpha value is -1.12. The van der Waals surface area contributed by atoms with Crippen LogP contribution in [0.5, 0.6) is 0 Å². The monoisotopic (exact) mass is 294 g/mol. The molecule has 0 amide bonds. The molecule has 1 saturated carbocycles. The Labute approximate surface area is 129 Å². The van der Waals surface area contributed by atoms with Crippen molar-refractivity contribution in [2.75, 3.05) is 5.73 Å². The van der Waals surface area contributed by atoms with Crippen LogP contribution in [0.15, 0.2) is 6.07 Å². The quantitative estimate of drug-likeness (QED) is 0.815. The molecule has 3 rings (SSSR count). The molecule has 0 aliphatic heterocycles. The summed E-state index contributed by atoms with van der Waals surface area (Å²) in [7, 11) is 0. The summed E-state index contributed by atoms with van der Waals surface area (Å²) in [5, 5.41) is 0. The van der Waals surface area contributed by atoms with E-state index < -0.39 is 5.67 Å². The molecule has 120 valence electrons. The number of rotatable bonds is 2. The molecule has 21 heavy (non-hydrogen) atoms. The molecular formula is C18H31FN2. The molecule has 1 aromatic rings. The number of hydrogen-bond donors (Lipinski definition) is 1. The molecule has 0 saturated heterocycles. The Morgan fingerprint density at radius 2 is 1.86 bits per heavy atom. The smallest absolute Gasteiger partial charge is 0.155 e. The van der Waals surface area contributed by atoms with Gasteiger partial charge in [-0.1, -0.05) is 47.5 Å². The number of unbranched alkanes of at least 4 members (excludes halogenated alkanes) is 1. The highest BCUT2D eigenvalue weighted by atomic mass is 19.1. The average molecular weight is 294 g/mol. The second kappa shape index (κ2) is 7.77. The van der Waals surface area contributed by atoms with Gasteiger partial charge in [0.25, 0.3) is 0 Å². The van der Waals surface area contributed by atoms with Crippen molar-refractivity contribution in [1.29, 1.82) is 0 Å². The number of hydrogen-bond acceptors (Lipinski definition) is 2. The van der Waals surface area contributed by atoms with Crippen LogP contribution < -0.4 is 5.73 Å². The molecule has 0 bridgehead atoms. The zero-order chi connectivity index (χ0) is 16.0. The number of pyridine rings is 1. The van der Waals surface area contributed by atoms with Crippen molar-refractivity contribution in [3.63, 3.8) is 0 Å². The largest absolute Gasteiger partial charge is 0.398 e. The Morgan fingerprint density at radius 3 is 2.33 bits per heavy atom. The predicted octanol–water partition coefficient (Wildman–Crippen LogP) is 5.19. The molecule has 1 aromatic heterocycles. The van der Waals surface area contributed by atoms with Gasteiger partial charge in [0.2, 0.25) is 0 Å². The maximum atomic E-state index is 14.2. The van der Waals surface area contributed by atoms with Crippen LogP contribution in [0.4, 0.5) is 10.1 Å². The van der Waals surface area contributed by atoms with Crippen LogP contribution >= 0.6 is 0 Å². The van der Waals surface area contributed by atoms with Gasteiger partial charge in [-0.3, -0.25) is 4.98 Å². The third-order valence-corrected chi connectivity index (χ3v) is 4.23. The fourth-order valence-electron chi connectivity index (χ4n) is 2.53. The molecule has 2 N–H and O–H groups in total. The van der Waals surface area contributed by atoms with Crippen molar-refractivity contribution in [2.45, 2.75) is 78.8 Å². The van der Waals surface area contributed by atoms with Crippen molar-refractivity contribution >= 4 is 5.69 Å². The summed E-state index contributed by atoms with van der Waals surface area (Å²) in [5.74, 6) is 0.101. The maximum absolute atomic E-state index is 14.2. The van der Waals surface area contributed by atoms with Crippen LogP contribution in [0.1, 0.15) is 77.3 Å². The zero-order valence-electron chi connectivity index (χ0n) is 14.3. The molecule has 2 unspecified atom stereocenters. The van der Waals surface area contributed by atoms with E-state index in [0.717, 1.165) is 36.2 Å². The number of aromatic nitrogens is 1. The molecule has 2 nitrogen and oxygen atoms in total. The standard InChI is InChI=1S/C12H15FN2.C4H10.C2H6/c1-7-6-12(7,13)11-5-9(14)8-3-2-4-10(8)15-11;1-3-4-2;1-2/h5,7H,2-4,6H2,1H3,(H2,14,15);3-4H2,1-2H3;1-2H3. The summed E-state index contributed by atoms with van der Waals surface area (Å²) in [4.78, 5) is 4.44. The molecule has 1 fully saturated rings. The van der Waals surface area contributed by atoms with Gasteiger partial charge in [-0.15, -0.1) is 0 Å². The van der Waals surface area contributed by atoms with Gasteiger partial charge in [-0.2, -0.15) is 0 Å². The number of anilines is 1. The van der Waals surface area contributed by atoms with Gasteiger partial charge in [0.15, 0.2) is 5.67 Å². The summed E-state index contributed by atoms with van der Waals surface area (Å²) >= 11 is 0. The van der Waals surface area contributed by atoms with Crippen molar-refractivity contribution in [3.8, 4) is 0 Å². The first kappa shape index (κ1) is 17.9. The number of nitrogen functional groups attached to an aromatic ring is 1. The molecule has 0 spiro atoms. The van der Waals surface area contributed by atoms with E-state index >= 15 is 0 Å². The first-order valence-corrected chi connectivity index (χ1v) is 8.50. The van der Waals surface area contributed by atoms with Crippen LogP contribution in [0, 0.1) is 5.92 Å². The van der Waals surface area contributed by atoms with Gasteiger partial charge in [0.05, 0.1) is 5.69 Å². The first-order chi connectivity index (χ1) is 10.0. The van der Waals surface area contributed by atoms with E-state index in [4.69, 9.17) is 5.73 Å². The summed E-state index contributed by atoms with van der Waals surface area (Å²) in [5.41, 5.74) is 8.23. The van der Waals surface area contributed by atoms with Gasteiger partial charge in [0.1, 0.15) is 0 Å². The van der Waals surface area contributed by atoms with Crippen molar-refractivity contribution in [1.82, 2.24) is 4.98 Å². The molecule has 0 aromatic carbocycles. The molecule has 2 atom stereocenters. The van der Waals surface area contributed by atoms with Gasteiger partial charge >= 0.3 is 0 Å².